The monoisotopic (exact) mass is 272 g/mol. The molecule has 0 aliphatic carbocycles. The van der Waals surface area contributed by atoms with E-state index in [9.17, 15) is 0 Å². The van der Waals surface area contributed by atoms with Gasteiger partial charge in [0.1, 0.15) is 11.1 Å². The van der Waals surface area contributed by atoms with Crippen LogP contribution in [0.1, 0.15) is 36.9 Å². The number of hydrogen-bond donors (Lipinski definition) is 0. The van der Waals surface area contributed by atoms with Gasteiger partial charge in [-0.3, -0.25) is 0 Å². The Morgan fingerprint density at radius 1 is 1.42 bits per heavy atom. The van der Waals surface area contributed by atoms with E-state index in [4.69, 9.17) is 10.00 Å². The highest BCUT2D eigenvalue weighted by atomic mass is 32.1. The molecule has 1 aromatic carbocycles. The van der Waals surface area contributed by atoms with E-state index in [0.29, 0.717) is 12.2 Å². The number of nitrogens with zero attached hydrogens (tertiary/aromatic N) is 2. The molecular formula is C15H16N2OS. The molecule has 0 radical (unpaired) electrons. The number of nitriles is 1. The molecule has 1 heterocycles. The largest absolute Gasteiger partial charge is 0.371 e. The van der Waals surface area contributed by atoms with Crippen LogP contribution in [0.2, 0.25) is 0 Å². The summed E-state index contributed by atoms with van der Waals surface area (Å²) < 4.78 is 5.67. The van der Waals surface area contributed by atoms with Crippen LogP contribution in [0, 0.1) is 11.3 Å². The Kier molecular flexibility index (Phi) is 4.67. The second-order valence-electron chi connectivity index (χ2n) is 4.12. The second-order valence-corrected chi connectivity index (χ2v) is 5.01. The first-order valence-electron chi connectivity index (χ1n) is 6.36. The molecule has 98 valence electrons. The van der Waals surface area contributed by atoms with Gasteiger partial charge in [0.2, 0.25) is 0 Å². The van der Waals surface area contributed by atoms with Crippen LogP contribution in [0.4, 0.5) is 0 Å². The Morgan fingerprint density at radius 3 is 2.95 bits per heavy atom. The van der Waals surface area contributed by atoms with Crippen molar-refractivity contribution in [2.24, 2.45) is 0 Å². The normalized spacial score (nSPS) is 12.1. The maximum absolute atomic E-state index is 8.92. The van der Waals surface area contributed by atoms with Crippen LogP contribution in [-0.2, 0) is 4.74 Å². The molecule has 1 atom stereocenters. The molecule has 0 bridgehead atoms. The van der Waals surface area contributed by atoms with Gasteiger partial charge in [0.25, 0.3) is 0 Å². The molecule has 0 aliphatic rings. The van der Waals surface area contributed by atoms with Crippen molar-refractivity contribution in [2.45, 2.75) is 26.4 Å². The van der Waals surface area contributed by atoms with Gasteiger partial charge >= 0.3 is 0 Å². The van der Waals surface area contributed by atoms with Crippen molar-refractivity contribution in [1.82, 2.24) is 4.98 Å². The molecule has 0 saturated carbocycles. The van der Waals surface area contributed by atoms with Crippen LogP contribution >= 0.6 is 11.3 Å². The van der Waals surface area contributed by atoms with Crippen molar-refractivity contribution >= 4 is 11.3 Å². The zero-order valence-corrected chi connectivity index (χ0v) is 11.9. The predicted octanol–water partition coefficient (Wildman–Crippen LogP) is 4.17. The van der Waals surface area contributed by atoms with Gasteiger partial charge in [-0.2, -0.15) is 5.26 Å². The summed E-state index contributed by atoms with van der Waals surface area (Å²) in [5, 5.41) is 11.9. The molecule has 19 heavy (non-hydrogen) atoms. The minimum Gasteiger partial charge on any atom is -0.371 e. The summed E-state index contributed by atoms with van der Waals surface area (Å²) in [5.74, 6) is 0. The number of thiazole rings is 1. The molecule has 0 amide bonds. The van der Waals surface area contributed by atoms with E-state index in [1.165, 1.54) is 0 Å². The molecule has 0 fully saturated rings. The molecule has 2 aromatic rings. The Labute approximate surface area is 117 Å². The van der Waals surface area contributed by atoms with E-state index < -0.39 is 0 Å². The average Bonchev–Trinajstić information content (AvgIpc) is 2.94. The van der Waals surface area contributed by atoms with E-state index in [0.717, 1.165) is 22.7 Å². The summed E-state index contributed by atoms with van der Waals surface area (Å²) in [7, 11) is 0. The van der Waals surface area contributed by atoms with Crippen LogP contribution < -0.4 is 0 Å². The van der Waals surface area contributed by atoms with Crippen molar-refractivity contribution in [2.75, 3.05) is 6.61 Å². The molecule has 3 nitrogen and oxygen atoms in total. The first-order chi connectivity index (χ1) is 9.28. The summed E-state index contributed by atoms with van der Waals surface area (Å²) >= 11 is 1.61. The number of hydrogen-bond acceptors (Lipinski definition) is 4. The third-order valence-corrected chi connectivity index (χ3v) is 3.76. The first-order valence-corrected chi connectivity index (χ1v) is 7.24. The van der Waals surface area contributed by atoms with Crippen molar-refractivity contribution < 1.29 is 4.74 Å². The number of benzene rings is 1. The van der Waals surface area contributed by atoms with Crippen molar-refractivity contribution in [1.29, 1.82) is 5.26 Å². The Bertz CT molecular complexity index is 586. The molecular weight excluding hydrogens is 256 g/mol. The van der Waals surface area contributed by atoms with E-state index in [2.05, 4.69) is 18.0 Å². The SMILES string of the molecule is CCOC(CC)c1nc(-c2cccc(C#N)c2)cs1. The quantitative estimate of drug-likeness (QED) is 0.820. The third kappa shape index (κ3) is 3.19. The standard InChI is InChI=1S/C15H16N2OS/c1-3-14(18-4-2)15-17-13(10-19-15)12-7-5-6-11(8-12)9-16/h5-8,10,14H,3-4H2,1-2H3. The van der Waals surface area contributed by atoms with Gasteiger partial charge in [0, 0.05) is 17.6 Å². The van der Waals surface area contributed by atoms with Crippen molar-refractivity contribution in [3.05, 3.63) is 40.2 Å². The van der Waals surface area contributed by atoms with Crippen molar-refractivity contribution in [3.63, 3.8) is 0 Å². The summed E-state index contributed by atoms with van der Waals surface area (Å²) in [6.45, 7) is 4.78. The van der Waals surface area contributed by atoms with Crippen LogP contribution in [0.5, 0.6) is 0 Å². The molecule has 4 heteroatoms. The van der Waals surface area contributed by atoms with Gasteiger partial charge < -0.3 is 4.74 Å². The molecule has 0 saturated heterocycles. The molecule has 1 unspecified atom stereocenters. The molecule has 0 aliphatic heterocycles. The van der Waals surface area contributed by atoms with Gasteiger partial charge in [-0.25, -0.2) is 4.98 Å². The summed E-state index contributed by atoms with van der Waals surface area (Å²) in [5.41, 5.74) is 2.55. The Hall–Kier alpha value is -1.70. The van der Waals surface area contributed by atoms with E-state index >= 15 is 0 Å². The summed E-state index contributed by atoms with van der Waals surface area (Å²) in [6.07, 6.45) is 0.988. The lowest BCUT2D eigenvalue weighted by atomic mass is 10.1. The lowest BCUT2D eigenvalue weighted by molar-refractivity contribution is 0.0597. The summed E-state index contributed by atoms with van der Waals surface area (Å²) in [4.78, 5) is 4.63. The third-order valence-electron chi connectivity index (χ3n) is 2.82. The second kappa shape index (κ2) is 6.46. The molecule has 0 N–H and O–H groups in total. The van der Waals surface area contributed by atoms with Gasteiger partial charge in [0.05, 0.1) is 17.3 Å². The van der Waals surface area contributed by atoms with E-state index in [1.54, 1.807) is 17.4 Å². The lowest BCUT2D eigenvalue weighted by Gasteiger charge is -2.11. The van der Waals surface area contributed by atoms with Crippen LogP contribution in [0.15, 0.2) is 29.6 Å². The number of aromatic nitrogens is 1. The number of rotatable bonds is 5. The Morgan fingerprint density at radius 2 is 2.26 bits per heavy atom. The molecule has 1 aromatic heterocycles. The highest BCUT2D eigenvalue weighted by molar-refractivity contribution is 7.10. The fourth-order valence-corrected chi connectivity index (χ4v) is 2.84. The molecule has 0 spiro atoms. The highest BCUT2D eigenvalue weighted by Crippen LogP contribution is 2.29. The lowest BCUT2D eigenvalue weighted by Crippen LogP contribution is -2.02. The van der Waals surface area contributed by atoms with Crippen molar-refractivity contribution in [3.8, 4) is 17.3 Å². The van der Waals surface area contributed by atoms with Gasteiger partial charge in [-0.15, -0.1) is 11.3 Å². The minimum absolute atomic E-state index is 0.0721. The zero-order chi connectivity index (χ0) is 13.7. The minimum atomic E-state index is 0.0721. The fourth-order valence-electron chi connectivity index (χ4n) is 1.88. The average molecular weight is 272 g/mol. The smallest absolute Gasteiger partial charge is 0.122 e. The zero-order valence-electron chi connectivity index (χ0n) is 11.1. The molecule has 2 rings (SSSR count). The maximum Gasteiger partial charge on any atom is 0.122 e. The predicted molar refractivity (Wildman–Crippen MR) is 76.9 cm³/mol. The Balaban J connectivity index is 2.27. The van der Waals surface area contributed by atoms with Gasteiger partial charge in [0.15, 0.2) is 0 Å². The van der Waals surface area contributed by atoms with Crippen LogP contribution in [-0.4, -0.2) is 11.6 Å². The number of ether oxygens (including phenoxy) is 1. The maximum atomic E-state index is 8.92. The first kappa shape index (κ1) is 13.7. The van der Waals surface area contributed by atoms with Crippen LogP contribution in [0.3, 0.4) is 0 Å². The summed E-state index contributed by atoms with van der Waals surface area (Å²) in [6, 6.07) is 9.66. The van der Waals surface area contributed by atoms with E-state index in [1.807, 2.05) is 30.5 Å². The topological polar surface area (TPSA) is 45.9 Å². The fraction of sp³-hybridized carbons (Fsp3) is 0.333. The van der Waals surface area contributed by atoms with Gasteiger partial charge in [-0.05, 0) is 25.5 Å². The van der Waals surface area contributed by atoms with Crippen LogP contribution in [0.25, 0.3) is 11.3 Å². The van der Waals surface area contributed by atoms with E-state index in [-0.39, 0.29) is 6.10 Å². The van der Waals surface area contributed by atoms with Gasteiger partial charge in [-0.1, -0.05) is 19.1 Å². The highest BCUT2D eigenvalue weighted by Gasteiger charge is 2.14.